The van der Waals surface area contributed by atoms with Crippen LogP contribution < -0.4 is 0 Å². The van der Waals surface area contributed by atoms with E-state index in [0.29, 0.717) is 6.42 Å². The standard InChI is InChI=1S/C13H15FO.CH2O/c1-2-12-7-8-13(15-12)9-10-3-5-11(14)6-4-10;1-2/h3,5,7-8H,2,4,6,9H2,1H3;1H2. The average Bonchev–Trinajstić information content (AvgIpc) is 2.82. The van der Waals surface area contributed by atoms with Crippen molar-refractivity contribution in [3.63, 3.8) is 0 Å². The van der Waals surface area contributed by atoms with Gasteiger partial charge in [0, 0.05) is 19.3 Å². The third-order valence-electron chi connectivity index (χ3n) is 2.65. The van der Waals surface area contributed by atoms with Crippen molar-refractivity contribution >= 4 is 6.79 Å². The van der Waals surface area contributed by atoms with Gasteiger partial charge in [-0.25, -0.2) is 4.39 Å². The van der Waals surface area contributed by atoms with Gasteiger partial charge in [0.1, 0.15) is 24.1 Å². The molecule has 0 spiro atoms. The Kier molecular flexibility index (Phi) is 5.40. The van der Waals surface area contributed by atoms with Gasteiger partial charge in [0.15, 0.2) is 0 Å². The zero-order chi connectivity index (χ0) is 12.7. The lowest BCUT2D eigenvalue weighted by molar-refractivity contribution is -0.0979. The van der Waals surface area contributed by atoms with E-state index in [9.17, 15) is 4.39 Å². The first-order valence-corrected chi connectivity index (χ1v) is 5.68. The minimum atomic E-state index is -0.0209. The fourth-order valence-electron chi connectivity index (χ4n) is 1.73. The molecule has 1 aliphatic rings. The highest BCUT2D eigenvalue weighted by molar-refractivity contribution is 5.24. The molecule has 0 radical (unpaired) electrons. The number of aryl methyl sites for hydroxylation is 1. The smallest absolute Gasteiger partial charge is 0.108 e. The fourth-order valence-corrected chi connectivity index (χ4v) is 1.73. The molecular weight excluding hydrogens is 219 g/mol. The summed E-state index contributed by atoms with van der Waals surface area (Å²) in [6.07, 6.45) is 6.50. The highest BCUT2D eigenvalue weighted by Crippen LogP contribution is 2.23. The molecule has 0 N–H and O–H groups in total. The molecule has 0 fully saturated rings. The van der Waals surface area contributed by atoms with Crippen molar-refractivity contribution in [3.8, 4) is 0 Å². The summed E-state index contributed by atoms with van der Waals surface area (Å²) in [5.74, 6) is 1.98. The van der Waals surface area contributed by atoms with E-state index in [4.69, 9.17) is 9.21 Å². The minimum absolute atomic E-state index is 0.0209. The average molecular weight is 236 g/mol. The highest BCUT2D eigenvalue weighted by atomic mass is 19.1. The topological polar surface area (TPSA) is 30.2 Å². The molecule has 0 amide bonds. The maximum atomic E-state index is 12.7. The van der Waals surface area contributed by atoms with E-state index in [-0.39, 0.29) is 5.83 Å². The number of rotatable bonds is 3. The first kappa shape index (κ1) is 13.4. The van der Waals surface area contributed by atoms with Gasteiger partial charge in [0.05, 0.1) is 0 Å². The lowest BCUT2D eigenvalue weighted by Crippen LogP contribution is -1.94. The minimum Gasteiger partial charge on any atom is -0.466 e. The van der Waals surface area contributed by atoms with Crippen LogP contribution in [0.1, 0.15) is 31.3 Å². The zero-order valence-corrected chi connectivity index (χ0v) is 10.0. The van der Waals surface area contributed by atoms with Gasteiger partial charge in [-0.05, 0) is 24.6 Å². The van der Waals surface area contributed by atoms with E-state index in [1.807, 2.05) is 25.0 Å². The maximum absolute atomic E-state index is 12.7. The number of halogens is 1. The van der Waals surface area contributed by atoms with Gasteiger partial charge in [0.2, 0.25) is 0 Å². The Morgan fingerprint density at radius 3 is 2.47 bits per heavy atom. The first-order chi connectivity index (χ1) is 8.28. The van der Waals surface area contributed by atoms with E-state index in [1.165, 1.54) is 5.57 Å². The molecule has 1 aromatic rings. The largest absolute Gasteiger partial charge is 0.466 e. The van der Waals surface area contributed by atoms with Crippen molar-refractivity contribution in [3.05, 3.63) is 47.2 Å². The van der Waals surface area contributed by atoms with Gasteiger partial charge in [-0.15, -0.1) is 0 Å². The molecule has 1 aliphatic carbocycles. The molecule has 0 aliphatic heterocycles. The third kappa shape index (κ3) is 4.02. The number of hydrogen-bond acceptors (Lipinski definition) is 2. The van der Waals surface area contributed by atoms with Gasteiger partial charge in [0.25, 0.3) is 0 Å². The quantitative estimate of drug-likeness (QED) is 0.799. The Bertz CT molecular complexity index is 416. The predicted octanol–water partition coefficient (Wildman–Crippen LogP) is 3.77. The van der Waals surface area contributed by atoms with Crippen molar-refractivity contribution in [2.45, 2.75) is 32.6 Å². The second-order valence-corrected chi connectivity index (χ2v) is 3.84. The third-order valence-corrected chi connectivity index (χ3v) is 2.65. The van der Waals surface area contributed by atoms with Crippen LogP contribution in [0.2, 0.25) is 0 Å². The lowest BCUT2D eigenvalue weighted by Gasteiger charge is -2.08. The molecule has 1 aromatic heterocycles. The fraction of sp³-hybridized carbons (Fsp3) is 0.357. The number of allylic oxidation sites excluding steroid dienone is 4. The molecular formula is C14H17FO2. The summed E-state index contributed by atoms with van der Waals surface area (Å²) in [5, 5.41) is 0. The Labute approximate surface area is 101 Å². The van der Waals surface area contributed by atoms with Crippen LogP contribution in [0.4, 0.5) is 4.39 Å². The normalized spacial score (nSPS) is 14.5. The number of hydrogen-bond donors (Lipinski definition) is 0. The second-order valence-electron chi connectivity index (χ2n) is 3.84. The van der Waals surface area contributed by atoms with Crippen molar-refractivity contribution in [2.24, 2.45) is 0 Å². The van der Waals surface area contributed by atoms with Crippen molar-refractivity contribution < 1.29 is 13.6 Å². The van der Waals surface area contributed by atoms with Crippen LogP contribution in [-0.2, 0) is 17.6 Å². The van der Waals surface area contributed by atoms with E-state index < -0.39 is 0 Å². The van der Waals surface area contributed by atoms with Crippen molar-refractivity contribution in [1.29, 1.82) is 0 Å². The van der Waals surface area contributed by atoms with Crippen LogP contribution in [-0.4, -0.2) is 6.79 Å². The molecule has 92 valence electrons. The molecule has 0 saturated carbocycles. The van der Waals surface area contributed by atoms with Gasteiger partial charge in [-0.2, -0.15) is 0 Å². The maximum Gasteiger partial charge on any atom is 0.108 e. The van der Waals surface area contributed by atoms with Gasteiger partial charge in [-0.1, -0.05) is 18.6 Å². The molecule has 0 atom stereocenters. The summed E-state index contributed by atoms with van der Waals surface area (Å²) in [6.45, 7) is 4.07. The highest BCUT2D eigenvalue weighted by Gasteiger charge is 2.08. The Morgan fingerprint density at radius 2 is 1.94 bits per heavy atom. The summed E-state index contributed by atoms with van der Waals surface area (Å²) in [6, 6.07) is 4.02. The molecule has 0 aromatic carbocycles. The number of carbonyl (C=O) groups is 1. The zero-order valence-electron chi connectivity index (χ0n) is 10.0. The van der Waals surface area contributed by atoms with Crippen LogP contribution in [0.5, 0.6) is 0 Å². The molecule has 2 nitrogen and oxygen atoms in total. The Hall–Kier alpha value is -1.64. The second kappa shape index (κ2) is 6.84. The van der Waals surface area contributed by atoms with E-state index in [0.717, 1.165) is 30.8 Å². The number of carbonyl (C=O) groups excluding carboxylic acids is 1. The van der Waals surface area contributed by atoms with Crippen LogP contribution in [0.3, 0.4) is 0 Å². The summed E-state index contributed by atoms with van der Waals surface area (Å²) in [4.78, 5) is 8.00. The predicted molar refractivity (Wildman–Crippen MR) is 65.4 cm³/mol. The SMILES string of the molecule is C=O.CCc1ccc(CC2=CC=C(F)CC2)o1. The van der Waals surface area contributed by atoms with Crippen LogP contribution in [0, 0.1) is 0 Å². The molecule has 2 rings (SSSR count). The van der Waals surface area contributed by atoms with Gasteiger partial charge >= 0.3 is 0 Å². The lowest BCUT2D eigenvalue weighted by atomic mass is 10.0. The summed E-state index contributed by atoms with van der Waals surface area (Å²) < 4.78 is 18.4. The van der Waals surface area contributed by atoms with Gasteiger partial charge in [-0.3, -0.25) is 0 Å². The van der Waals surface area contributed by atoms with E-state index in [2.05, 4.69) is 6.92 Å². The van der Waals surface area contributed by atoms with E-state index in [1.54, 1.807) is 6.08 Å². The first-order valence-electron chi connectivity index (χ1n) is 5.68. The monoisotopic (exact) mass is 236 g/mol. The van der Waals surface area contributed by atoms with Crippen molar-refractivity contribution in [2.75, 3.05) is 0 Å². The Balaban J connectivity index is 0.000000686. The number of furan rings is 1. The van der Waals surface area contributed by atoms with Crippen LogP contribution in [0.25, 0.3) is 0 Å². The van der Waals surface area contributed by atoms with Crippen molar-refractivity contribution in [1.82, 2.24) is 0 Å². The van der Waals surface area contributed by atoms with Crippen LogP contribution in [0.15, 0.2) is 40.1 Å². The molecule has 0 bridgehead atoms. The van der Waals surface area contributed by atoms with E-state index >= 15 is 0 Å². The summed E-state index contributed by atoms with van der Waals surface area (Å²) >= 11 is 0. The molecule has 17 heavy (non-hydrogen) atoms. The van der Waals surface area contributed by atoms with Crippen LogP contribution >= 0.6 is 0 Å². The molecule has 0 saturated heterocycles. The van der Waals surface area contributed by atoms with Gasteiger partial charge < -0.3 is 9.21 Å². The molecule has 3 heteroatoms. The molecule has 0 unspecified atom stereocenters. The summed E-state index contributed by atoms with van der Waals surface area (Å²) in [7, 11) is 0. The Morgan fingerprint density at radius 1 is 1.24 bits per heavy atom. The summed E-state index contributed by atoms with van der Waals surface area (Å²) in [5.41, 5.74) is 1.24. The molecule has 1 heterocycles.